The van der Waals surface area contributed by atoms with Gasteiger partial charge in [-0.05, 0) is 54.4 Å². The van der Waals surface area contributed by atoms with Crippen LogP contribution in [-0.2, 0) is 6.54 Å². The molecule has 0 bridgehead atoms. The molecule has 1 unspecified atom stereocenters. The van der Waals surface area contributed by atoms with Crippen LogP contribution in [0.3, 0.4) is 0 Å². The summed E-state index contributed by atoms with van der Waals surface area (Å²) >= 11 is 9.41. The maximum absolute atomic E-state index is 5.98. The highest BCUT2D eigenvalue weighted by Gasteiger charge is 2.15. The Morgan fingerprint density at radius 1 is 1.42 bits per heavy atom. The molecule has 1 aromatic carbocycles. The third-order valence-electron chi connectivity index (χ3n) is 3.12. The molecular formula is C14H16BrClN2O. The molecule has 2 aromatic rings. The number of hydrogen-bond acceptors (Lipinski definition) is 3. The van der Waals surface area contributed by atoms with Crippen LogP contribution in [0.4, 0.5) is 0 Å². The van der Waals surface area contributed by atoms with E-state index in [-0.39, 0.29) is 6.04 Å². The first-order valence-corrected chi connectivity index (χ1v) is 7.26. The molecule has 0 fully saturated rings. The molecule has 102 valence electrons. The van der Waals surface area contributed by atoms with Crippen LogP contribution in [0.15, 0.2) is 27.2 Å². The molecule has 0 aliphatic heterocycles. The fourth-order valence-electron chi connectivity index (χ4n) is 2.13. The van der Waals surface area contributed by atoms with Crippen molar-refractivity contribution in [3.05, 3.63) is 50.3 Å². The first-order chi connectivity index (χ1) is 8.99. The summed E-state index contributed by atoms with van der Waals surface area (Å²) in [5, 5.41) is 8.17. The van der Waals surface area contributed by atoms with Crippen molar-refractivity contribution in [2.24, 2.45) is 0 Å². The van der Waals surface area contributed by atoms with Crippen LogP contribution in [0.25, 0.3) is 0 Å². The molecule has 1 heterocycles. The van der Waals surface area contributed by atoms with Gasteiger partial charge < -0.3 is 9.84 Å². The highest BCUT2D eigenvalue weighted by Crippen LogP contribution is 2.24. The average molecular weight is 344 g/mol. The normalized spacial score (nSPS) is 12.7. The van der Waals surface area contributed by atoms with Crippen LogP contribution in [0.5, 0.6) is 0 Å². The van der Waals surface area contributed by atoms with Gasteiger partial charge in [0.15, 0.2) is 0 Å². The van der Waals surface area contributed by atoms with E-state index in [9.17, 15) is 0 Å². The molecule has 3 nitrogen and oxygen atoms in total. The molecule has 1 aromatic heterocycles. The van der Waals surface area contributed by atoms with E-state index in [1.54, 1.807) is 0 Å². The fourth-order valence-corrected chi connectivity index (χ4v) is 2.67. The minimum absolute atomic E-state index is 0.195. The van der Waals surface area contributed by atoms with Crippen molar-refractivity contribution in [3.8, 4) is 0 Å². The summed E-state index contributed by atoms with van der Waals surface area (Å²) in [6, 6.07) is 6.12. The minimum Gasteiger partial charge on any atom is -0.361 e. The number of aromatic nitrogens is 1. The van der Waals surface area contributed by atoms with Crippen LogP contribution in [-0.4, -0.2) is 5.16 Å². The van der Waals surface area contributed by atoms with Crippen molar-refractivity contribution in [1.29, 1.82) is 0 Å². The first-order valence-electron chi connectivity index (χ1n) is 6.09. The van der Waals surface area contributed by atoms with E-state index in [1.807, 2.05) is 32.0 Å². The van der Waals surface area contributed by atoms with Crippen LogP contribution in [0.1, 0.15) is 35.5 Å². The molecule has 19 heavy (non-hydrogen) atoms. The Hall–Kier alpha value is -0.840. The van der Waals surface area contributed by atoms with Crippen LogP contribution in [0, 0.1) is 13.8 Å². The van der Waals surface area contributed by atoms with E-state index in [1.165, 1.54) is 5.56 Å². The van der Waals surface area contributed by atoms with E-state index < -0.39 is 0 Å². The first kappa shape index (κ1) is 14.6. The highest BCUT2D eigenvalue weighted by atomic mass is 79.9. The van der Waals surface area contributed by atoms with Crippen molar-refractivity contribution in [3.63, 3.8) is 0 Å². The molecular weight excluding hydrogens is 328 g/mol. The lowest BCUT2D eigenvalue weighted by Gasteiger charge is -2.14. The Balaban J connectivity index is 2.04. The number of nitrogens with zero attached hydrogens (tertiary/aromatic N) is 1. The van der Waals surface area contributed by atoms with E-state index in [0.29, 0.717) is 0 Å². The lowest BCUT2D eigenvalue weighted by Crippen LogP contribution is -2.19. The van der Waals surface area contributed by atoms with Gasteiger partial charge in [-0.1, -0.05) is 22.8 Å². The molecule has 0 saturated carbocycles. The number of nitrogens with one attached hydrogen (secondary N) is 1. The minimum atomic E-state index is 0.195. The van der Waals surface area contributed by atoms with Gasteiger partial charge in [-0.25, -0.2) is 0 Å². The Bertz CT molecular complexity index is 563. The van der Waals surface area contributed by atoms with Crippen LogP contribution in [0.2, 0.25) is 5.02 Å². The van der Waals surface area contributed by atoms with Crippen molar-refractivity contribution in [2.75, 3.05) is 0 Å². The SMILES string of the molecule is Cc1noc(C)c1C(C)NCc1ccc(Cl)c(Br)c1. The Labute approximate surface area is 126 Å². The molecule has 5 heteroatoms. The largest absolute Gasteiger partial charge is 0.361 e. The van der Waals surface area contributed by atoms with Gasteiger partial charge in [0.1, 0.15) is 5.76 Å². The second kappa shape index (κ2) is 6.07. The second-order valence-corrected chi connectivity index (χ2v) is 5.85. The maximum atomic E-state index is 5.98. The quantitative estimate of drug-likeness (QED) is 0.884. The smallest absolute Gasteiger partial charge is 0.138 e. The van der Waals surface area contributed by atoms with Crippen molar-refractivity contribution in [2.45, 2.75) is 33.4 Å². The summed E-state index contributed by atoms with van der Waals surface area (Å²) in [5.41, 5.74) is 3.25. The summed E-state index contributed by atoms with van der Waals surface area (Å²) < 4.78 is 6.10. The van der Waals surface area contributed by atoms with Crippen molar-refractivity contribution in [1.82, 2.24) is 10.5 Å². The Morgan fingerprint density at radius 2 is 2.16 bits per heavy atom. The number of rotatable bonds is 4. The van der Waals surface area contributed by atoms with Crippen LogP contribution >= 0.6 is 27.5 Å². The predicted molar refractivity (Wildman–Crippen MR) is 80.4 cm³/mol. The van der Waals surface area contributed by atoms with Crippen molar-refractivity contribution < 1.29 is 4.52 Å². The predicted octanol–water partition coefficient (Wildman–Crippen LogP) is 4.56. The zero-order chi connectivity index (χ0) is 14.0. The van der Waals surface area contributed by atoms with Gasteiger partial charge in [0.25, 0.3) is 0 Å². The van der Waals surface area contributed by atoms with E-state index in [4.69, 9.17) is 16.1 Å². The summed E-state index contributed by atoms with van der Waals surface area (Å²) in [7, 11) is 0. The third kappa shape index (κ3) is 3.38. The monoisotopic (exact) mass is 342 g/mol. The molecule has 0 aliphatic rings. The lowest BCUT2D eigenvalue weighted by molar-refractivity contribution is 0.390. The lowest BCUT2D eigenvalue weighted by atomic mass is 10.1. The number of benzene rings is 1. The summed E-state index contributed by atoms with van der Waals surface area (Å²) in [6.45, 7) is 6.77. The van der Waals surface area contributed by atoms with Gasteiger partial charge in [-0.2, -0.15) is 0 Å². The summed E-state index contributed by atoms with van der Waals surface area (Å²) in [6.07, 6.45) is 0. The highest BCUT2D eigenvalue weighted by molar-refractivity contribution is 9.10. The number of hydrogen-bond donors (Lipinski definition) is 1. The van der Waals surface area contributed by atoms with Gasteiger partial charge in [0.05, 0.1) is 10.7 Å². The molecule has 1 N–H and O–H groups in total. The zero-order valence-electron chi connectivity index (χ0n) is 11.1. The maximum Gasteiger partial charge on any atom is 0.138 e. The molecule has 0 aliphatic carbocycles. The molecule has 0 spiro atoms. The molecule has 0 saturated heterocycles. The number of aryl methyl sites for hydroxylation is 2. The van der Waals surface area contributed by atoms with E-state index >= 15 is 0 Å². The van der Waals surface area contributed by atoms with Gasteiger partial charge >= 0.3 is 0 Å². The summed E-state index contributed by atoms with van der Waals surface area (Å²) in [4.78, 5) is 0. The fraction of sp³-hybridized carbons (Fsp3) is 0.357. The summed E-state index contributed by atoms with van der Waals surface area (Å²) in [5.74, 6) is 0.870. The topological polar surface area (TPSA) is 38.1 Å². The standard InChI is InChI=1S/C14H16BrClN2O/c1-8(14-9(2)18-19-10(14)3)17-7-11-4-5-13(16)12(15)6-11/h4-6,8,17H,7H2,1-3H3. The van der Waals surface area contributed by atoms with Gasteiger partial charge in [-0.3, -0.25) is 0 Å². The van der Waals surface area contributed by atoms with Gasteiger partial charge in [-0.15, -0.1) is 0 Å². The third-order valence-corrected chi connectivity index (χ3v) is 4.33. The average Bonchev–Trinajstić information content (AvgIpc) is 2.70. The molecule has 1 atom stereocenters. The molecule has 0 radical (unpaired) electrons. The van der Waals surface area contributed by atoms with Gasteiger partial charge in [0, 0.05) is 22.6 Å². The second-order valence-electron chi connectivity index (χ2n) is 4.59. The van der Waals surface area contributed by atoms with Crippen molar-refractivity contribution >= 4 is 27.5 Å². The van der Waals surface area contributed by atoms with Gasteiger partial charge in [0.2, 0.25) is 0 Å². The molecule has 2 rings (SSSR count). The van der Waals surface area contributed by atoms with E-state index in [0.717, 1.165) is 33.1 Å². The van der Waals surface area contributed by atoms with E-state index in [2.05, 4.69) is 33.3 Å². The number of halogens is 2. The zero-order valence-corrected chi connectivity index (χ0v) is 13.5. The Morgan fingerprint density at radius 3 is 2.74 bits per heavy atom. The van der Waals surface area contributed by atoms with Crippen LogP contribution < -0.4 is 5.32 Å². The molecule has 0 amide bonds. The Kier molecular flexibility index (Phi) is 4.66.